The molecule has 0 saturated carbocycles. The van der Waals surface area contributed by atoms with E-state index in [9.17, 15) is 34.5 Å². The van der Waals surface area contributed by atoms with E-state index in [-0.39, 0.29) is 37.2 Å². The van der Waals surface area contributed by atoms with E-state index in [1.807, 2.05) is 48.5 Å². The minimum atomic E-state index is -1.37. The number of hydrogen-bond acceptors (Lipinski definition) is 7. The molecular formula is C40H40N6O7. The molecule has 0 aliphatic rings. The number of phenols is 2. The van der Waals surface area contributed by atoms with Crippen LogP contribution in [0.25, 0.3) is 21.8 Å². The molecule has 2 heterocycles. The van der Waals surface area contributed by atoms with Gasteiger partial charge in [0.1, 0.15) is 29.6 Å². The van der Waals surface area contributed by atoms with Crippen LogP contribution in [0.5, 0.6) is 11.5 Å². The maximum absolute atomic E-state index is 14.2. The number of carbonyl (C=O) groups is 4. The molecule has 4 aromatic carbocycles. The highest BCUT2D eigenvalue weighted by atomic mass is 16.4. The van der Waals surface area contributed by atoms with E-state index >= 15 is 0 Å². The number of hydrogen-bond donors (Lipinski definition) is 9. The second kappa shape index (κ2) is 16.2. The first-order valence-electron chi connectivity index (χ1n) is 17.1. The first-order valence-corrected chi connectivity index (χ1v) is 17.1. The highest BCUT2D eigenvalue weighted by Crippen LogP contribution is 2.21. The van der Waals surface area contributed by atoms with Crippen molar-refractivity contribution in [2.24, 2.45) is 5.73 Å². The second-order valence-corrected chi connectivity index (χ2v) is 13.0. The Labute approximate surface area is 304 Å². The van der Waals surface area contributed by atoms with Crippen molar-refractivity contribution in [3.05, 3.63) is 132 Å². The van der Waals surface area contributed by atoms with Gasteiger partial charge in [-0.05, 0) is 65.1 Å². The molecule has 0 aliphatic heterocycles. The van der Waals surface area contributed by atoms with Gasteiger partial charge in [-0.25, -0.2) is 4.79 Å². The lowest BCUT2D eigenvalue weighted by molar-refractivity contribution is -0.142. The summed E-state index contributed by atoms with van der Waals surface area (Å²) < 4.78 is 0. The second-order valence-electron chi connectivity index (χ2n) is 13.0. The third-order valence-electron chi connectivity index (χ3n) is 9.18. The number of aromatic amines is 2. The summed E-state index contributed by atoms with van der Waals surface area (Å²) in [5, 5.41) is 39.4. The number of phenolic OH excluding ortho intramolecular Hbond substituents is 2. The molecule has 10 N–H and O–H groups in total. The number of aromatic nitrogens is 2. The van der Waals surface area contributed by atoms with Gasteiger partial charge in [0.2, 0.25) is 17.7 Å². The molecular weight excluding hydrogens is 676 g/mol. The molecule has 4 atom stereocenters. The average Bonchev–Trinajstić information content (AvgIpc) is 3.76. The summed E-state index contributed by atoms with van der Waals surface area (Å²) >= 11 is 0. The monoisotopic (exact) mass is 716 g/mol. The number of para-hydroxylation sites is 2. The highest BCUT2D eigenvalue weighted by molar-refractivity contribution is 5.95. The van der Waals surface area contributed by atoms with Gasteiger partial charge in [0.25, 0.3) is 0 Å². The van der Waals surface area contributed by atoms with Crippen LogP contribution < -0.4 is 21.7 Å². The molecule has 272 valence electrons. The summed E-state index contributed by atoms with van der Waals surface area (Å²) in [6.07, 6.45) is 3.65. The number of carboxylic acids is 1. The maximum atomic E-state index is 14.2. The van der Waals surface area contributed by atoms with E-state index in [0.29, 0.717) is 11.1 Å². The van der Waals surface area contributed by atoms with Crippen LogP contribution in [0.1, 0.15) is 22.3 Å². The van der Waals surface area contributed by atoms with Crippen LogP contribution in [-0.2, 0) is 44.9 Å². The first kappa shape index (κ1) is 36.2. The summed E-state index contributed by atoms with van der Waals surface area (Å²) in [7, 11) is 0. The number of amides is 3. The van der Waals surface area contributed by atoms with Crippen molar-refractivity contribution in [1.82, 2.24) is 25.9 Å². The predicted molar refractivity (Wildman–Crippen MR) is 199 cm³/mol. The van der Waals surface area contributed by atoms with Crippen LogP contribution in [0.2, 0.25) is 0 Å². The number of nitrogens with two attached hydrogens (primary N) is 1. The van der Waals surface area contributed by atoms with Crippen molar-refractivity contribution in [3.63, 3.8) is 0 Å². The molecule has 0 spiro atoms. The number of aromatic hydroxyl groups is 2. The van der Waals surface area contributed by atoms with E-state index in [4.69, 9.17) is 5.73 Å². The van der Waals surface area contributed by atoms with E-state index < -0.39 is 47.9 Å². The van der Waals surface area contributed by atoms with E-state index in [0.717, 1.165) is 32.9 Å². The third kappa shape index (κ3) is 9.01. The van der Waals surface area contributed by atoms with Gasteiger partial charge in [0, 0.05) is 53.5 Å². The molecule has 3 amide bonds. The summed E-state index contributed by atoms with van der Waals surface area (Å²) in [6, 6.07) is 22.3. The molecule has 6 rings (SSSR count). The van der Waals surface area contributed by atoms with Gasteiger partial charge in [-0.1, -0.05) is 60.7 Å². The zero-order valence-corrected chi connectivity index (χ0v) is 28.6. The number of fused-ring (bicyclic) bond motifs is 2. The van der Waals surface area contributed by atoms with Gasteiger partial charge in [0.15, 0.2) is 0 Å². The largest absolute Gasteiger partial charge is 0.508 e. The van der Waals surface area contributed by atoms with Crippen LogP contribution in [0.3, 0.4) is 0 Å². The SMILES string of the molecule is NC(Cc1c[nH]c2ccccc12)C(=O)NC(Cc1c[nH]c2ccccc12)C(=O)NC(Cc1ccc(O)cc1)C(=O)NC(Cc1ccc(O)cc1)C(=O)O. The van der Waals surface area contributed by atoms with Crippen molar-refractivity contribution in [2.75, 3.05) is 0 Å². The Morgan fingerprint density at radius 2 is 0.962 bits per heavy atom. The normalized spacial score (nSPS) is 13.5. The molecule has 53 heavy (non-hydrogen) atoms. The minimum absolute atomic E-state index is 0.00380. The molecule has 6 aromatic rings. The number of rotatable bonds is 15. The first-order chi connectivity index (χ1) is 25.5. The zero-order chi connectivity index (χ0) is 37.5. The fraction of sp³-hybridized carbons (Fsp3) is 0.200. The van der Waals surface area contributed by atoms with Crippen molar-refractivity contribution in [1.29, 1.82) is 0 Å². The molecule has 4 unspecified atom stereocenters. The van der Waals surface area contributed by atoms with E-state index in [1.54, 1.807) is 36.7 Å². The number of carboxylic acid groups (broad SMARTS) is 1. The van der Waals surface area contributed by atoms with Gasteiger partial charge in [-0.15, -0.1) is 0 Å². The minimum Gasteiger partial charge on any atom is -0.508 e. The molecule has 0 saturated heterocycles. The van der Waals surface area contributed by atoms with Crippen molar-refractivity contribution in [3.8, 4) is 11.5 Å². The summed E-state index contributed by atoms with van der Waals surface area (Å²) in [4.78, 5) is 60.3. The highest BCUT2D eigenvalue weighted by Gasteiger charge is 2.31. The summed E-state index contributed by atoms with van der Waals surface area (Å²) in [5.41, 5.74) is 10.9. The standard InChI is InChI=1S/C40H40N6O7/c41-31(19-25-21-42-32-7-3-1-5-29(25)32)37(49)44-35(20-26-22-43-33-8-4-2-6-30(26)33)39(51)45-34(17-23-9-13-27(47)14-10-23)38(50)46-36(40(52)53)18-24-11-15-28(48)16-12-24/h1-16,21-22,31,34-36,42-43,47-48H,17-20,41H2,(H,44,49)(H,45,51)(H,46,50)(H,52,53). The van der Waals surface area contributed by atoms with Crippen LogP contribution in [0, 0.1) is 0 Å². The van der Waals surface area contributed by atoms with Gasteiger partial charge >= 0.3 is 5.97 Å². The van der Waals surface area contributed by atoms with Crippen molar-refractivity contribution in [2.45, 2.75) is 49.9 Å². The molecule has 0 radical (unpaired) electrons. The Hall–Kier alpha value is -6.60. The average molecular weight is 717 g/mol. The summed E-state index contributed by atoms with van der Waals surface area (Å²) in [6.45, 7) is 0. The van der Waals surface area contributed by atoms with Crippen molar-refractivity contribution < 1.29 is 34.5 Å². The quantitative estimate of drug-likeness (QED) is 0.0766. The van der Waals surface area contributed by atoms with Crippen LogP contribution in [-0.4, -0.2) is 73.1 Å². The Morgan fingerprint density at radius 3 is 1.47 bits per heavy atom. The Kier molecular flexibility index (Phi) is 11.0. The van der Waals surface area contributed by atoms with E-state index in [2.05, 4.69) is 25.9 Å². The number of nitrogens with one attached hydrogen (secondary N) is 5. The lowest BCUT2D eigenvalue weighted by Gasteiger charge is -2.25. The van der Waals surface area contributed by atoms with Gasteiger partial charge in [0.05, 0.1) is 6.04 Å². The number of carbonyl (C=O) groups excluding carboxylic acids is 3. The fourth-order valence-electron chi connectivity index (χ4n) is 6.33. The Bertz CT molecular complexity index is 2230. The number of H-pyrrole nitrogens is 2. The lowest BCUT2D eigenvalue weighted by Crippen LogP contribution is -2.58. The van der Waals surface area contributed by atoms with Crippen molar-refractivity contribution >= 4 is 45.5 Å². The van der Waals surface area contributed by atoms with Crippen LogP contribution in [0.15, 0.2) is 109 Å². The van der Waals surface area contributed by atoms with Gasteiger partial charge in [-0.3, -0.25) is 14.4 Å². The number of benzene rings is 4. The molecule has 2 aromatic heterocycles. The molecule has 0 fully saturated rings. The zero-order valence-electron chi connectivity index (χ0n) is 28.6. The predicted octanol–water partition coefficient (Wildman–Crippen LogP) is 3.20. The fourth-order valence-corrected chi connectivity index (χ4v) is 6.33. The van der Waals surface area contributed by atoms with Gasteiger partial charge < -0.3 is 47.0 Å². The van der Waals surface area contributed by atoms with E-state index in [1.165, 1.54) is 24.3 Å². The van der Waals surface area contributed by atoms with Crippen LogP contribution >= 0.6 is 0 Å². The van der Waals surface area contributed by atoms with Gasteiger partial charge in [-0.2, -0.15) is 0 Å². The molecule has 0 aliphatic carbocycles. The molecule has 13 nitrogen and oxygen atoms in total. The topological polar surface area (TPSA) is 223 Å². The number of aliphatic carboxylic acids is 1. The van der Waals surface area contributed by atoms with Crippen LogP contribution in [0.4, 0.5) is 0 Å². The Balaban J connectivity index is 1.25. The smallest absolute Gasteiger partial charge is 0.326 e. The third-order valence-corrected chi connectivity index (χ3v) is 9.18. The lowest BCUT2D eigenvalue weighted by atomic mass is 10.00. The Morgan fingerprint density at radius 1 is 0.547 bits per heavy atom. The molecule has 13 heteroatoms. The summed E-state index contributed by atoms with van der Waals surface area (Å²) in [5.74, 6) is -3.32. The molecule has 0 bridgehead atoms. The maximum Gasteiger partial charge on any atom is 0.326 e.